The van der Waals surface area contributed by atoms with Gasteiger partial charge in [-0.3, -0.25) is 9.69 Å². The van der Waals surface area contributed by atoms with Crippen LogP contribution < -0.4 is 0 Å². The van der Waals surface area contributed by atoms with Crippen LogP contribution in [-0.2, 0) is 23.1 Å². The highest BCUT2D eigenvalue weighted by Crippen LogP contribution is 2.40. The van der Waals surface area contributed by atoms with Crippen molar-refractivity contribution in [2.45, 2.75) is 50.7 Å². The number of carbonyl (C=O) groups excluding carboxylic acids is 1. The van der Waals surface area contributed by atoms with E-state index in [4.69, 9.17) is 16.3 Å². The van der Waals surface area contributed by atoms with Crippen LogP contribution in [0.1, 0.15) is 37.9 Å². The standard InChI is InChI=1S/C15H22ClN3O2/c1-18-13(16)8-17-14(18)9-19-11-6-4-3-5-10(11)7-12(19)15(20)21-2/h8,10-12H,3-7,9H2,1-2H3. The Morgan fingerprint density at radius 2 is 2.24 bits per heavy atom. The highest BCUT2D eigenvalue weighted by Gasteiger charge is 2.45. The third-order valence-corrected chi connectivity index (χ3v) is 5.40. The van der Waals surface area contributed by atoms with E-state index in [2.05, 4.69) is 9.88 Å². The van der Waals surface area contributed by atoms with Gasteiger partial charge >= 0.3 is 5.97 Å². The fourth-order valence-electron chi connectivity index (χ4n) is 3.88. The quantitative estimate of drug-likeness (QED) is 0.804. The molecule has 3 rings (SSSR count). The van der Waals surface area contributed by atoms with Crippen molar-refractivity contribution in [3.63, 3.8) is 0 Å². The van der Waals surface area contributed by atoms with Crippen molar-refractivity contribution in [3.8, 4) is 0 Å². The molecule has 1 aliphatic heterocycles. The van der Waals surface area contributed by atoms with Crippen LogP contribution in [0.5, 0.6) is 0 Å². The minimum atomic E-state index is -0.140. The van der Waals surface area contributed by atoms with Crippen LogP contribution in [0.25, 0.3) is 0 Å². The highest BCUT2D eigenvalue weighted by atomic mass is 35.5. The molecule has 0 N–H and O–H groups in total. The van der Waals surface area contributed by atoms with E-state index in [0.717, 1.165) is 18.7 Å². The van der Waals surface area contributed by atoms with Gasteiger partial charge in [-0.2, -0.15) is 0 Å². The molecule has 21 heavy (non-hydrogen) atoms. The van der Waals surface area contributed by atoms with Crippen LogP contribution in [0.15, 0.2) is 6.20 Å². The molecule has 1 aromatic heterocycles. The first-order chi connectivity index (χ1) is 10.1. The van der Waals surface area contributed by atoms with Crippen molar-refractivity contribution in [1.29, 1.82) is 0 Å². The van der Waals surface area contributed by atoms with Crippen molar-refractivity contribution in [2.24, 2.45) is 13.0 Å². The summed E-state index contributed by atoms with van der Waals surface area (Å²) in [5.41, 5.74) is 0. The first kappa shape index (κ1) is 14.9. The van der Waals surface area contributed by atoms with Gasteiger partial charge in [0.05, 0.1) is 19.9 Å². The zero-order valence-corrected chi connectivity index (χ0v) is 13.3. The van der Waals surface area contributed by atoms with Crippen LogP contribution in [0, 0.1) is 5.92 Å². The normalized spacial score (nSPS) is 29.4. The van der Waals surface area contributed by atoms with Gasteiger partial charge in [-0.05, 0) is 25.2 Å². The van der Waals surface area contributed by atoms with Gasteiger partial charge in [0.1, 0.15) is 17.0 Å². The van der Waals surface area contributed by atoms with E-state index in [1.54, 1.807) is 6.20 Å². The van der Waals surface area contributed by atoms with E-state index in [9.17, 15) is 4.79 Å². The van der Waals surface area contributed by atoms with Crippen LogP contribution in [0.2, 0.25) is 5.15 Å². The van der Waals surface area contributed by atoms with Gasteiger partial charge in [0, 0.05) is 13.1 Å². The number of nitrogens with zero attached hydrogens (tertiary/aromatic N) is 3. The predicted molar refractivity (Wildman–Crippen MR) is 79.9 cm³/mol. The number of esters is 1. The number of likely N-dealkylation sites (tertiary alicyclic amines) is 1. The maximum atomic E-state index is 12.1. The number of aromatic nitrogens is 2. The molecule has 0 amide bonds. The lowest BCUT2D eigenvalue weighted by Gasteiger charge is -2.32. The molecule has 116 valence electrons. The van der Waals surface area contributed by atoms with Crippen molar-refractivity contribution in [2.75, 3.05) is 7.11 Å². The Morgan fingerprint density at radius 1 is 1.48 bits per heavy atom. The number of hydrogen-bond donors (Lipinski definition) is 0. The van der Waals surface area contributed by atoms with Gasteiger partial charge in [0.25, 0.3) is 0 Å². The third kappa shape index (κ3) is 2.69. The zero-order chi connectivity index (χ0) is 15.0. The van der Waals surface area contributed by atoms with Crippen molar-refractivity contribution in [1.82, 2.24) is 14.5 Å². The molecule has 3 atom stereocenters. The van der Waals surface area contributed by atoms with Crippen LogP contribution >= 0.6 is 11.6 Å². The molecule has 0 radical (unpaired) electrons. The van der Waals surface area contributed by atoms with Gasteiger partial charge < -0.3 is 9.30 Å². The molecule has 0 bridgehead atoms. The van der Waals surface area contributed by atoms with E-state index in [0.29, 0.717) is 23.7 Å². The minimum Gasteiger partial charge on any atom is -0.468 e. The topological polar surface area (TPSA) is 47.4 Å². The molecule has 3 unspecified atom stereocenters. The molecule has 5 nitrogen and oxygen atoms in total. The number of hydrogen-bond acceptors (Lipinski definition) is 4. The number of rotatable bonds is 3. The summed E-state index contributed by atoms with van der Waals surface area (Å²) >= 11 is 6.07. The average Bonchev–Trinajstić information content (AvgIpc) is 3.02. The van der Waals surface area contributed by atoms with Gasteiger partial charge in [-0.15, -0.1) is 0 Å². The van der Waals surface area contributed by atoms with Crippen LogP contribution in [-0.4, -0.2) is 39.6 Å². The third-order valence-electron chi connectivity index (χ3n) is 5.05. The number of methoxy groups -OCH3 is 1. The fraction of sp³-hybridized carbons (Fsp3) is 0.733. The fourth-order valence-corrected chi connectivity index (χ4v) is 4.03. The molecule has 2 heterocycles. The SMILES string of the molecule is COC(=O)C1CC2CCCCC2N1Cc1ncc(Cl)n1C. The summed E-state index contributed by atoms with van der Waals surface area (Å²) in [6, 6.07) is 0.330. The minimum absolute atomic E-state index is 0.121. The molecule has 1 saturated heterocycles. The van der Waals surface area contributed by atoms with Crippen molar-refractivity contribution < 1.29 is 9.53 Å². The summed E-state index contributed by atoms with van der Waals surface area (Å²) in [4.78, 5) is 18.8. The van der Waals surface area contributed by atoms with Gasteiger partial charge in [0.2, 0.25) is 0 Å². The average molecular weight is 312 g/mol. The number of carbonyl (C=O) groups is 1. The Kier molecular flexibility index (Phi) is 4.22. The maximum absolute atomic E-state index is 12.1. The van der Waals surface area contributed by atoms with E-state index in [-0.39, 0.29) is 12.0 Å². The molecule has 0 aromatic carbocycles. The Labute approximate surface area is 130 Å². The lowest BCUT2D eigenvalue weighted by Crippen LogP contribution is -2.42. The first-order valence-corrected chi connectivity index (χ1v) is 7.99. The van der Waals surface area contributed by atoms with Gasteiger partial charge in [-0.1, -0.05) is 24.4 Å². The summed E-state index contributed by atoms with van der Waals surface area (Å²) in [5, 5.41) is 0.624. The molecule has 0 spiro atoms. The molecule has 1 aromatic rings. The second kappa shape index (κ2) is 5.97. The van der Waals surface area contributed by atoms with Gasteiger partial charge in [-0.25, -0.2) is 4.98 Å². The highest BCUT2D eigenvalue weighted by molar-refractivity contribution is 6.29. The Morgan fingerprint density at radius 3 is 2.90 bits per heavy atom. The number of ether oxygens (including phenoxy) is 1. The van der Waals surface area contributed by atoms with Crippen molar-refractivity contribution in [3.05, 3.63) is 17.2 Å². The number of halogens is 1. The maximum Gasteiger partial charge on any atom is 0.323 e. The Balaban J connectivity index is 1.84. The molecule has 2 aliphatic rings. The Hall–Kier alpha value is -1.07. The number of imidazole rings is 1. The summed E-state index contributed by atoms with van der Waals surface area (Å²) in [6.07, 6.45) is 7.48. The molecule has 1 aliphatic carbocycles. The lowest BCUT2D eigenvalue weighted by atomic mass is 9.85. The zero-order valence-electron chi connectivity index (χ0n) is 12.6. The Bertz CT molecular complexity index is 531. The molecule has 1 saturated carbocycles. The second-order valence-corrected chi connectivity index (χ2v) is 6.50. The largest absolute Gasteiger partial charge is 0.468 e. The lowest BCUT2D eigenvalue weighted by molar-refractivity contribution is -0.146. The summed E-state index contributed by atoms with van der Waals surface area (Å²) < 4.78 is 6.89. The van der Waals surface area contributed by atoms with Crippen molar-refractivity contribution >= 4 is 17.6 Å². The second-order valence-electron chi connectivity index (χ2n) is 6.12. The van der Waals surface area contributed by atoms with Crippen LogP contribution in [0.4, 0.5) is 0 Å². The first-order valence-electron chi connectivity index (χ1n) is 7.61. The smallest absolute Gasteiger partial charge is 0.323 e. The monoisotopic (exact) mass is 311 g/mol. The number of fused-ring (bicyclic) bond motifs is 1. The summed E-state index contributed by atoms with van der Waals surface area (Å²) in [5.74, 6) is 1.39. The van der Waals surface area contributed by atoms with E-state index in [1.165, 1.54) is 26.4 Å². The molecule has 6 heteroatoms. The molecular formula is C15H22ClN3O2. The van der Waals surface area contributed by atoms with E-state index >= 15 is 0 Å². The summed E-state index contributed by atoms with van der Waals surface area (Å²) in [7, 11) is 3.38. The van der Waals surface area contributed by atoms with Gasteiger partial charge in [0.15, 0.2) is 0 Å². The predicted octanol–water partition coefficient (Wildman–Crippen LogP) is 2.38. The van der Waals surface area contributed by atoms with E-state index in [1.807, 2.05) is 11.6 Å². The summed E-state index contributed by atoms with van der Waals surface area (Å²) in [6.45, 7) is 0.657. The molecule has 2 fully saturated rings. The van der Waals surface area contributed by atoms with Crippen LogP contribution in [0.3, 0.4) is 0 Å². The van der Waals surface area contributed by atoms with E-state index < -0.39 is 0 Å². The molecular weight excluding hydrogens is 290 g/mol.